The Morgan fingerprint density at radius 3 is 2.47 bits per heavy atom. The lowest BCUT2D eigenvalue weighted by molar-refractivity contribution is 0.212. The molecule has 8 nitrogen and oxygen atoms in total. The molecule has 0 radical (unpaired) electrons. The summed E-state index contributed by atoms with van der Waals surface area (Å²) in [4.78, 5) is 17.6. The normalized spacial score (nSPS) is 14.1. The molecule has 0 bridgehead atoms. The second kappa shape index (κ2) is 12.4. The van der Waals surface area contributed by atoms with E-state index < -0.39 is 0 Å². The average Bonchev–Trinajstić information content (AvgIpc) is 3.37. The molecule has 4 rings (SSSR count). The zero-order valence-corrected chi connectivity index (χ0v) is 20.8. The molecule has 3 heterocycles. The number of anilines is 1. The topological polar surface area (TPSA) is 89.1 Å². The van der Waals surface area contributed by atoms with Gasteiger partial charge in [0.15, 0.2) is 11.1 Å². The number of rotatable bonds is 8. The summed E-state index contributed by atoms with van der Waals surface area (Å²) in [6.07, 6.45) is 3.61. The number of hydrogen-bond donors (Lipinski definition) is 1. The first kappa shape index (κ1) is 24.1. The van der Waals surface area contributed by atoms with Crippen LogP contribution < -0.4 is 20.1 Å². The molecule has 0 amide bonds. The molecular formula is C22H27IN6O2S. The van der Waals surface area contributed by atoms with Crippen LogP contribution in [0.5, 0.6) is 11.6 Å². The molecule has 0 atom stereocenters. The van der Waals surface area contributed by atoms with Gasteiger partial charge in [-0.2, -0.15) is 0 Å². The van der Waals surface area contributed by atoms with Crippen molar-refractivity contribution in [2.24, 2.45) is 10.7 Å². The lowest BCUT2D eigenvalue weighted by atomic mass is 10.3. The van der Waals surface area contributed by atoms with Crippen LogP contribution in [0.15, 0.2) is 65.2 Å². The summed E-state index contributed by atoms with van der Waals surface area (Å²) >= 11 is 1.66. The number of hydrogen-bond acceptors (Lipinski definition) is 7. The fourth-order valence-electron chi connectivity index (χ4n) is 3.18. The molecule has 1 aromatic carbocycles. The monoisotopic (exact) mass is 566 g/mol. The number of piperazine rings is 1. The molecule has 1 saturated heterocycles. The molecule has 32 heavy (non-hydrogen) atoms. The minimum Gasteiger partial charge on any atom is -0.490 e. The van der Waals surface area contributed by atoms with Crippen molar-refractivity contribution in [1.82, 2.24) is 14.9 Å². The fourth-order valence-corrected chi connectivity index (χ4v) is 3.88. The zero-order valence-electron chi connectivity index (χ0n) is 17.7. The minimum absolute atomic E-state index is 0. The molecule has 2 N–H and O–H groups in total. The molecule has 2 aromatic heterocycles. The van der Waals surface area contributed by atoms with E-state index in [0.29, 0.717) is 31.6 Å². The number of guanidine groups is 1. The van der Waals surface area contributed by atoms with Crippen molar-refractivity contribution >= 4 is 46.4 Å². The summed E-state index contributed by atoms with van der Waals surface area (Å²) in [6, 6.07) is 13.5. The van der Waals surface area contributed by atoms with E-state index >= 15 is 0 Å². The Balaban J connectivity index is 0.00000289. The van der Waals surface area contributed by atoms with Gasteiger partial charge in [-0.25, -0.2) is 15.0 Å². The highest BCUT2D eigenvalue weighted by atomic mass is 127. The highest BCUT2D eigenvalue weighted by Crippen LogP contribution is 2.19. The van der Waals surface area contributed by atoms with Gasteiger partial charge < -0.3 is 25.0 Å². The van der Waals surface area contributed by atoms with Crippen molar-refractivity contribution in [1.29, 1.82) is 0 Å². The van der Waals surface area contributed by atoms with Crippen LogP contribution in [0, 0.1) is 0 Å². The Morgan fingerprint density at radius 2 is 1.78 bits per heavy atom. The SMILES string of the molecule is I.NC(=NCc1ccc(OCCOc2ccccc2)nc1)N1CCN(c2nccs2)CC1. The molecule has 1 aliphatic rings. The molecule has 0 unspecified atom stereocenters. The van der Waals surface area contributed by atoms with Crippen LogP contribution in [0.1, 0.15) is 5.56 Å². The van der Waals surface area contributed by atoms with Crippen molar-refractivity contribution < 1.29 is 9.47 Å². The molecule has 0 spiro atoms. The fraction of sp³-hybridized carbons (Fsp3) is 0.318. The van der Waals surface area contributed by atoms with Crippen molar-refractivity contribution in [3.05, 3.63) is 65.8 Å². The number of aliphatic imine (C=N–C) groups is 1. The molecule has 1 aliphatic heterocycles. The first-order chi connectivity index (χ1) is 15.3. The van der Waals surface area contributed by atoms with Crippen LogP contribution >= 0.6 is 35.3 Å². The lowest BCUT2D eigenvalue weighted by Gasteiger charge is -2.35. The third-order valence-electron chi connectivity index (χ3n) is 4.86. The van der Waals surface area contributed by atoms with Gasteiger partial charge in [0.05, 0.1) is 6.54 Å². The van der Waals surface area contributed by atoms with E-state index in [4.69, 9.17) is 15.2 Å². The van der Waals surface area contributed by atoms with E-state index in [-0.39, 0.29) is 24.0 Å². The highest BCUT2D eigenvalue weighted by molar-refractivity contribution is 14.0. The molecule has 0 saturated carbocycles. The summed E-state index contributed by atoms with van der Waals surface area (Å²) in [5.41, 5.74) is 7.19. The van der Waals surface area contributed by atoms with Crippen LogP contribution in [0.2, 0.25) is 0 Å². The van der Waals surface area contributed by atoms with Gasteiger partial charge in [0.25, 0.3) is 0 Å². The van der Waals surface area contributed by atoms with Gasteiger partial charge in [-0.15, -0.1) is 35.3 Å². The number of nitrogens with two attached hydrogens (primary N) is 1. The summed E-state index contributed by atoms with van der Waals surface area (Å²) in [5.74, 6) is 1.96. The van der Waals surface area contributed by atoms with Gasteiger partial charge in [-0.3, -0.25) is 0 Å². The maximum absolute atomic E-state index is 6.20. The van der Waals surface area contributed by atoms with E-state index in [1.54, 1.807) is 17.5 Å². The number of pyridine rings is 1. The van der Waals surface area contributed by atoms with Gasteiger partial charge in [-0.05, 0) is 17.7 Å². The second-order valence-corrected chi connectivity index (χ2v) is 7.85. The molecule has 3 aromatic rings. The smallest absolute Gasteiger partial charge is 0.213 e. The number of aromatic nitrogens is 2. The van der Waals surface area contributed by atoms with Crippen LogP contribution in [-0.2, 0) is 6.54 Å². The number of thiazole rings is 1. The molecule has 170 valence electrons. The van der Waals surface area contributed by atoms with Crippen LogP contribution in [0.4, 0.5) is 5.13 Å². The zero-order chi connectivity index (χ0) is 21.3. The van der Waals surface area contributed by atoms with E-state index in [0.717, 1.165) is 42.6 Å². The Morgan fingerprint density at radius 1 is 1.00 bits per heavy atom. The lowest BCUT2D eigenvalue weighted by Crippen LogP contribution is -2.51. The van der Waals surface area contributed by atoms with Crippen LogP contribution in [-0.4, -0.2) is 60.2 Å². The van der Waals surface area contributed by atoms with Gasteiger partial charge in [0, 0.05) is 50.0 Å². The molecule has 10 heteroatoms. The van der Waals surface area contributed by atoms with E-state index in [2.05, 4.69) is 24.8 Å². The van der Waals surface area contributed by atoms with E-state index in [1.807, 2.05) is 54.0 Å². The third-order valence-corrected chi connectivity index (χ3v) is 5.69. The van der Waals surface area contributed by atoms with Crippen molar-refractivity contribution in [2.45, 2.75) is 6.54 Å². The first-order valence-electron chi connectivity index (χ1n) is 10.2. The predicted octanol–water partition coefficient (Wildman–Crippen LogP) is 3.25. The average molecular weight is 566 g/mol. The third kappa shape index (κ3) is 6.95. The molecule has 1 fully saturated rings. The number of halogens is 1. The summed E-state index contributed by atoms with van der Waals surface area (Å²) in [5, 5.41) is 3.07. The Kier molecular flexibility index (Phi) is 9.35. The Labute approximate surface area is 209 Å². The maximum atomic E-state index is 6.20. The minimum atomic E-state index is 0. The largest absolute Gasteiger partial charge is 0.490 e. The first-order valence-corrected chi connectivity index (χ1v) is 11.1. The number of ether oxygens (including phenoxy) is 2. The van der Waals surface area contributed by atoms with Crippen molar-refractivity contribution in [3.63, 3.8) is 0 Å². The number of para-hydroxylation sites is 1. The van der Waals surface area contributed by atoms with Crippen molar-refractivity contribution in [3.8, 4) is 11.6 Å². The number of nitrogens with zero attached hydrogens (tertiary/aromatic N) is 5. The second-order valence-electron chi connectivity index (χ2n) is 6.98. The van der Waals surface area contributed by atoms with E-state index in [9.17, 15) is 0 Å². The van der Waals surface area contributed by atoms with Crippen LogP contribution in [0.25, 0.3) is 0 Å². The molecular weight excluding hydrogens is 539 g/mol. The Hall–Kier alpha value is -2.60. The quantitative estimate of drug-likeness (QED) is 0.194. The standard InChI is InChI=1S/C22H26N6O2S.HI/c23-21(27-9-11-28(12-10-27)22-24-8-15-31-22)26-17-18-6-7-20(25-16-18)30-14-13-29-19-4-2-1-3-5-19;/h1-8,15-16H,9-14,17H2,(H2,23,26);1H. The molecule has 0 aliphatic carbocycles. The van der Waals surface area contributed by atoms with Crippen LogP contribution in [0.3, 0.4) is 0 Å². The van der Waals surface area contributed by atoms with Gasteiger partial charge >= 0.3 is 0 Å². The summed E-state index contributed by atoms with van der Waals surface area (Å²) < 4.78 is 11.2. The summed E-state index contributed by atoms with van der Waals surface area (Å²) in [7, 11) is 0. The highest BCUT2D eigenvalue weighted by Gasteiger charge is 2.19. The Bertz CT molecular complexity index is 948. The van der Waals surface area contributed by atoms with E-state index in [1.165, 1.54) is 0 Å². The van der Waals surface area contributed by atoms with Gasteiger partial charge in [-0.1, -0.05) is 24.3 Å². The predicted molar refractivity (Wildman–Crippen MR) is 138 cm³/mol. The maximum Gasteiger partial charge on any atom is 0.213 e. The number of benzene rings is 1. The van der Waals surface area contributed by atoms with Crippen molar-refractivity contribution in [2.75, 3.05) is 44.3 Å². The van der Waals surface area contributed by atoms with Gasteiger partial charge in [0.2, 0.25) is 5.88 Å². The van der Waals surface area contributed by atoms with Gasteiger partial charge in [0.1, 0.15) is 19.0 Å². The summed E-state index contributed by atoms with van der Waals surface area (Å²) in [6.45, 7) is 4.85.